The van der Waals surface area contributed by atoms with Crippen LogP contribution in [0.25, 0.3) is 10.2 Å². The highest BCUT2D eigenvalue weighted by atomic mass is 35.5. The van der Waals surface area contributed by atoms with Crippen molar-refractivity contribution in [1.82, 2.24) is 9.97 Å². The van der Waals surface area contributed by atoms with Gasteiger partial charge in [0, 0.05) is 17.3 Å². The molecule has 1 atom stereocenters. The molecule has 1 aliphatic rings. The summed E-state index contributed by atoms with van der Waals surface area (Å²) in [5, 5.41) is 3.88. The molecule has 3 aromatic heterocycles. The van der Waals surface area contributed by atoms with E-state index in [1.807, 2.05) is 0 Å². The van der Waals surface area contributed by atoms with Gasteiger partial charge in [-0.3, -0.25) is 4.79 Å². The van der Waals surface area contributed by atoms with Crippen molar-refractivity contribution in [2.24, 2.45) is 5.92 Å². The van der Waals surface area contributed by atoms with E-state index in [9.17, 15) is 4.79 Å². The SMILES string of the molecule is CC1CCc2nc3sc(C(=O)Nc4cccnc4Cl)c(N)c3cc2C1. The molecule has 0 aromatic carbocycles. The van der Waals surface area contributed by atoms with Crippen LogP contribution in [-0.2, 0) is 12.8 Å². The monoisotopic (exact) mass is 372 g/mol. The van der Waals surface area contributed by atoms with Gasteiger partial charge in [0.05, 0.1) is 11.4 Å². The standard InChI is InChI=1S/C18H17ClN4OS/c1-9-4-5-12-10(7-9)8-11-14(20)15(25-18(11)23-12)17(24)22-13-3-2-6-21-16(13)19/h2-3,6,8-9H,4-5,7,20H2,1H3,(H,22,24). The molecular weight excluding hydrogens is 356 g/mol. The van der Waals surface area contributed by atoms with Crippen LogP contribution in [0.15, 0.2) is 24.4 Å². The number of amides is 1. The summed E-state index contributed by atoms with van der Waals surface area (Å²) in [6.07, 6.45) is 4.72. The third-order valence-electron chi connectivity index (χ3n) is 4.55. The highest BCUT2D eigenvalue weighted by molar-refractivity contribution is 7.21. The summed E-state index contributed by atoms with van der Waals surface area (Å²) in [6.45, 7) is 2.25. The number of nitrogens with one attached hydrogen (secondary N) is 1. The first-order valence-corrected chi connectivity index (χ1v) is 9.35. The lowest BCUT2D eigenvalue weighted by atomic mass is 9.87. The van der Waals surface area contributed by atoms with Crippen LogP contribution in [0.1, 0.15) is 34.3 Å². The van der Waals surface area contributed by atoms with Crippen molar-refractivity contribution < 1.29 is 4.79 Å². The molecule has 3 N–H and O–H groups in total. The van der Waals surface area contributed by atoms with Gasteiger partial charge in [-0.1, -0.05) is 18.5 Å². The first-order valence-electron chi connectivity index (χ1n) is 8.15. The maximum Gasteiger partial charge on any atom is 0.268 e. The highest BCUT2D eigenvalue weighted by Crippen LogP contribution is 2.36. The van der Waals surface area contributed by atoms with Gasteiger partial charge in [-0.2, -0.15) is 0 Å². The van der Waals surface area contributed by atoms with Gasteiger partial charge in [-0.05, 0) is 48.9 Å². The maximum atomic E-state index is 12.6. The lowest BCUT2D eigenvalue weighted by Gasteiger charge is -2.20. The van der Waals surface area contributed by atoms with Crippen molar-refractivity contribution in [3.05, 3.63) is 45.7 Å². The molecule has 128 valence electrons. The molecule has 5 nitrogen and oxygen atoms in total. The van der Waals surface area contributed by atoms with Crippen molar-refractivity contribution in [3.63, 3.8) is 0 Å². The molecule has 0 radical (unpaired) electrons. The summed E-state index contributed by atoms with van der Waals surface area (Å²) in [5.41, 5.74) is 9.58. The molecule has 0 aliphatic heterocycles. The van der Waals surface area contributed by atoms with Crippen molar-refractivity contribution in [3.8, 4) is 0 Å². The molecule has 1 unspecified atom stereocenters. The molecule has 0 saturated carbocycles. The van der Waals surface area contributed by atoms with Crippen molar-refractivity contribution in [2.45, 2.75) is 26.2 Å². The van der Waals surface area contributed by atoms with Gasteiger partial charge in [-0.15, -0.1) is 11.3 Å². The van der Waals surface area contributed by atoms with E-state index in [-0.39, 0.29) is 11.1 Å². The second-order valence-electron chi connectivity index (χ2n) is 6.44. The zero-order chi connectivity index (χ0) is 17.6. The van der Waals surface area contributed by atoms with Crippen LogP contribution in [0.2, 0.25) is 5.15 Å². The van der Waals surface area contributed by atoms with Gasteiger partial charge in [0.25, 0.3) is 5.91 Å². The second-order valence-corrected chi connectivity index (χ2v) is 7.79. The lowest BCUT2D eigenvalue weighted by molar-refractivity contribution is 0.103. The topological polar surface area (TPSA) is 80.9 Å². The second kappa shape index (κ2) is 6.28. The van der Waals surface area contributed by atoms with E-state index < -0.39 is 0 Å². The van der Waals surface area contributed by atoms with Gasteiger partial charge in [0.15, 0.2) is 5.15 Å². The first-order chi connectivity index (χ1) is 12.0. The summed E-state index contributed by atoms with van der Waals surface area (Å²) < 4.78 is 0. The number of anilines is 2. The fourth-order valence-corrected chi connectivity index (χ4v) is 4.36. The minimum Gasteiger partial charge on any atom is -0.397 e. The summed E-state index contributed by atoms with van der Waals surface area (Å²) in [7, 11) is 0. The van der Waals surface area contributed by atoms with Gasteiger partial charge < -0.3 is 11.1 Å². The number of nitrogens with zero attached hydrogens (tertiary/aromatic N) is 2. The minimum atomic E-state index is -0.290. The zero-order valence-electron chi connectivity index (χ0n) is 13.7. The van der Waals surface area contributed by atoms with Crippen LogP contribution in [0, 0.1) is 5.92 Å². The Balaban J connectivity index is 1.72. The maximum absolute atomic E-state index is 12.6. The number of aromatic nitrogens is 2. The Labute approximate surface area is 154 Å². The first kappa shape index (κ1) is 16.3. The van der Waals surface area contributed by atoms with Crippen molar-refractivity contribution in [2.75, 3.05) is 11.1 Å². The van der Waals surface area contributed by atoms with E-state index in [2.05, 4.69) is 23.3 Å². The Bertz CT molecular complexity index is 985. The lowest BCUT2D eigenvalue weighted by Crippen LogP contribution is -2.13. The summed E-state index contributed by atoms with van der Waals surface area (Å²) >= 11 is 7.33. The van der Waals surface area contributed by atoms with Crippen LogP contribution in [0.3, 0.4) is 0 Å². The van der Waals surface area contributed by atoms with E-state index in [4.69, 9.17) is 22.3 Å². The number of hydrogen-bond acceptors (Lipinski definition) is 5. The van der Waals surface area contributed by atoms with E-state index in [1.165, 1.54) is 16.9 Å². The molecule has 7 heteroatoms. The molecule has 1 aliphatic carbocycles. The fourth-order valence-electron chi connectivity index (χ4n) is 3.20. The molecule has 3 heterocycles. The smallest absolute Gasteiger partial charge is 0.268 e. The molecule has 0 bridgehead atoms. The molecule has 0 fully saturated rings. The third kappa shape index (κ3) is 2.96. The molecule has 4 rings (SSSR count). The predicted octanol–water partition coefficient (Wildman–Crippen LogP) is 4.30. The summed E-state index contributed by atoms with van der Waals surface area (Å²) in [6, 6.07) is 5.52. The Morgan fingerprint density at radius 1 is 1.48 bits per heavy atom. The number of fused-ring (bicyclic) bond motifs is 2. The Kier molecular flexibility index (Phi) is 4.09. The summed E-state index contributed by atoms with van der Waals surface area (Å²) in [5.74, 6) is 0.365. The number of nitrogen functional groups attached to an aromatic ring is 1. The van der Waals surface area contributed by atoms with Crippen LogP contribution in [0.4, 0.5) is 11.4 Å². The Morgan fingerprint density at radius 3 is 3.12 bits per heavy atom. The summed E-state index contributed by atoms with van der Waals surface area (Å²) in [4.78, 5) is 22.6. The average Bonchev–Trinajstić information content (AvgIpc) is 2.91. The van der Waals surface area contributed by atoms with E-state index in [0.29, 0.717) is 22.2 Å². The average molecular weight is 373 g/mol. The third-order valence-corrected chi connectivity index (χ3v) is 5.96. The Morgan fingerprint density at radius 2 is 2.32 bits per heavy atom. The van der Waals surface area contributed by atoms with Gasteiger partial charge in [0.2, 0.25) is 0 Å². The van der Waals surface area contributed by atoms with E-state index in [0.717, 1.165) is 35.2 Å². The van der Waals surface area contributed by atoms with Crippen LogP contribution in [-0.4, -0.2) is 15.9 Å². The predicted molar refractivity (Wildman–Crippen MR) is 102 cm³/mol. The van der Waals surface area contributed by atoms with Gasteiger partial charge >= 0.3 is 0 Å². The number of carbonyl (C=O) groups excluding carboxylic acids is 1. The molecule has 3 aromatic rings. The van der Waals surface area contributed by atoms with Gasteiger partial charge in [0.1, 0.15) is 9.71 Å². The number of nitrogens with two attached hydrogens (primary N) is 1. The zero-order valence-corrected chi connectivity index (χ0v) is 15.2. The molecular formula is C18H17ClN4OS. The van der Waals surface area contributed by atoms with E-state index in [1.54, 1.807) is 18.3 Å². The quantitative estimate of drug-likeness (QED) is 0.657. The number of carbonyl (C=O) groups is 1. The van der Waals surface area contributed by atoms with Crippen LogP contribution >= 0.6 is 22.9 Å². The molecule has 0 spiro atoms. The number of thiophene rings is 1. The van der Waals surface area contributed by atoms with Crippen LogP contribution < -0.4 is 11.1 Å². The molecule has 1 amide bonds. The number of rotatable bonds is 2. The van der Waals surface area contributed by atoms with Crippen molar-refractivity contribution >= 4 is 50.4 Å². The number of hydrogen-bond donors (Lipinski definition) is 2. The normalized spacial score (nSPS) is 16.6. The number of halogens is 1. The van der Waals surface area contributed by atoms with E-state index >= 15 is 0 Å². The molecule has 0 saturated heterocycles. The fraction of sp³-hybridized carbons (Fsp3) is 0.278. The molecule has 25 heavy (non-hydrogen) atoms. The van der Waals surface area contributed by atoms with Crippen LogP contribution in [0.5, 0.6) is 0 Å². The number of aryl methyl sites for hydroxylation is 1. The largest absolute Gasteiger partial charge is 0.397 e. The highest BCUT2D eigenvalue weighted by Gasteiger charge is 2.22. The number of pyridine rings is 2. The van der Waals surface area contributed by atoms with Crippen molar-refractivity contribution in [1.29, 1.82) is 0 Å². The van der Waals surface area contributed by atoms with Gasteiger partial charge in [-0.25, -0.2) is 9.97 Å². The minimum absolute atomic E-state index is 0.248. The Hall–Kier alpha value is -2.18.